The van der Waals surface area contributed by atoms with Crippen molar-refractivity contribution in [2.45, 2.75) is 6.61 Å². The number of hydrogen-bond donors (Lipinski definition) is 0. The number of esters is 1. The molecule has 0 aliphatic heterocycles. The van der Waals surface area contributed by atoms with Gasteiger partial charge in [-0.2, -0.15) is 4.98 Å². The number of rotatable bonds is 4. The molecule has 0 spiro atoms. The molecule has 0 fully saturated rings. The number of ether oxygens (including phenoxy) is 1. The van der Waals surface area contributed by atoms with Gasteiger partial charge in [-0.25, -0.2) is 13.6 Å². The summed E-state index contributed by atoms with van der Waals surface area (Å²) < 4.78 is 36.4. The lowest BCUT2D eigenvalue weighted by atomic mass is 10.2. The molecular formula is C16H9ClF2N2O3. The Labute approximate surface area is 139 Å². The van der Waals surface area contributed by atoms with E-state index in [0.717, 1.165) is 6.07 Å². The van der Waals surface area contributed by atoms with Crippen LogP contribution in [0.3, 0.4) is 0 Å². The van der Waals surface area contributed by atoms with Gasteiger partial charge in [-0.3, -0.25) is 0 Å². The number of carbonyl (C=O) groups is 1. The first-order chi connectivity index (χ1) is 11.5. The lowest BCUT2D eigenvalue weighted by Gasteiger charge is -2.04. The summed E-state index contributed by atoms with van der Waals surface area (Å²) >= 11 is 5.78. The second-order valence-corrected chi connectivity index (χ2v) is 5.10. The Morgan fingerprint density at radius 2 is 1.92 bits per heavy atom. The Morgan fingerprint density at radius 3 is 2.62 bits per heavy atom. The minimum absolute atomic E-state index is 0.00939. The van der Waals surface area contributed by atoms with E-state index in [1.807, 2.05) is 0 Å². The third kappa shape index (κ3) is 3.41. The van der Waals surface area contributed by atoms with Crippen molar-refractivity contribution >= 4 is 17.6 Å². The van der Waals surface area contributed by atoms with Crippen LogP contribution in [0, 0.1) is 11.6 Å². The van der Waals surface area contributed by atoms with Crippen LogP contribution in [0.1, 0.15) is 16.2 Å². The number of carbonyl (C=O) groups excluding carboxylic acids is 1. The van der Waals surface area contributed by atoms with Gasteiger partial charge in [-0.1, -0.05) is 22.8 Å². The maximum absolute atomic E-state index is 13.6. The Kier molecular flexibility index (Phi) is 4.52. The molecule has 0 bridgehead atoms. The Hall–Kier alpha value is -2.80. The van der Waals surface area contributed by atoms with Gasteiger partial charge in [-0.05, 0) is 36.4 Å². The van der Waals surface area contributed by atoms with Gasteiger partial charge in [-0.15, -0.1) is 0 Å². The molecule has 0 unspecified atom stereocenters. The van der Waals surface area contributed by atoms with E-state index >= 15 is 0 Å². The van der Waals surface area contributed by atoms with Crippen LogP contribution in [-0.2, 0) is 11.3 Å². The van der Waals surface area contributed by atoms with Crippen molar-refractivity contribution < 1.29 is 22.8 Å². The summed E-state index contributed by atoms with van der Waals surface area (Å²) in [4.78, 5) is 15.9. The van der Waals surface area contributed by atoms with E-state index in [1.165, 1.54) is 36.4 Å². The predicted molar refractivity (Wildman–Crippen MR) is 80.2 cm³/mol. The highest BCUT2D eigenvalue weighted by Crippen LogP contribution is 2.21. The summed E-state index contributed by atoms with van der Waals surface area (Å²) in [6.07, 6.45) is 0. The Bertz CT molecular complexity index is 861. The fraction of sp³-hybridized carbons (Fsp3) is 0.0625. The summed E-state index contributed by atoms with van der Waals surface area (Å²) in [6, 6.07) is 9.32. The molecular weight excluding hydrogens is 342 g/mol. The summed E-state index contributed by atoms with van der Waals surface area (Å²) in [5.74, 6) is -1.90. The van der Waals surface area contributed by atoms with Crippen LogP contribution < -0.4 is 0 Å². The van der Waals surface area contributed by atoms with Gasteiger partial charge in [0, 0.05) is 5.56 Å². The number of hydrogen-bond acceptors (Lipinski definition) is 5. The largest absolute Gasteiger partial charge is 0.452 e. The van der Waals surface area contributed by atoms with E-state index in [-0.39, 0.29) is 28.9 Å². The summed E-state index contributed by atoms with van der Waals surface area (Å²) in [7, 11) is 0. The lowest BCUT2D eigenvalue weighted by Crippen LogP contribution is -2.08. The number of aromatic nitrogens is 2. The van der Waals surface area contributed by atoms with Gasteiger partial charge in [0.2, 0.25) is 5.82 Å². The van der Waals surface area contributed by atoms with E-state index in [1.54, 1.807) is 0 Å². The summed E-state index contributed by atoms with van der Waals surface area (Å²) in [6.45, 7) is -0.350. The molecule has 0 aliphatic carbocycles. The molecule has 0 atom stereocenters. The van der Waals surface area contributed by atoms with Gasteiger partial charge in [0.05, 0.1) is 5.02 Å². The van der Waals surface area contributed by atoms with Crippen LogP contribution in [0.2, 0.25) is 5.02 Å². The molecule has 1 heterocycles. The number of nitrogens with zero attached hydrogens (tertiary/aromatic N) is 2. The maximum atomic E-state index is 13.6. The lowest BCUT2D eigenvalue weighted by molar-refractivity contribution is 0.0424. The zero-order valence-electron chi connectivity index (χ0n) is 12.0. The normalized spacial score (nSPS) is 10.6. The van der Waals surface area contributed by atoms with Crippen LogP contribution in [0.5, 0.6) is 0 Å². The molecule has 3 rings (SSSR count). The van der Waals surface area contributed by atoms with Gasteiger partial charge in [0.1, 0.15) is 17.2 Å². The van der Waals surface area contributed by atoms with Crippen molar-refractivity contribution in [2.75, 3.05) is 0 Å². The van der Waals surface area contributed by atoms with Gasteiger partial charge >= 0.3 is 5.97 Å². The highest BCUT2D eigenvalue weighted by Gasteiger charge is 2.18. The average molecular weight is 351 g/mol. The highest BCUT2D eigenvalue weighted by molar-refractivity contribution is 6.33. The van der Waals surface area contributed by atoms with Crippen LogP contribution in [0.15, 0.2) is 47.0 Å². The van der Waals surface area contributed by atoms with E-state index in [4.69, 9.17) is 20.9 Å². The molecule has 0 saturated heterocycles. The van der Waals surface area contributed by atoms with Crippen molar-refractivity contribution in [3.05, 3.63) is 70.6 Å². The van der Waals surface area contributed by atoms with E-state index in [0.29, 0.717) is 5.56 Å². The fourth-order valence-corrected chi connectivity index (χ4v) is 2.16. The van der Waals surface area contributed by atoms with Crippen LogP contribution in [0.4, 0.5) is 8.78 Å². The molecule has 0 amide bonds. The smallest absolute Gasteiger partial charge is 0.343 e. The quantitative estimate of drug-likeness (QED) is 0.665. The highest BCUT2D eigenvalue weighted by atomic mass is 35.5. The first-order valence-electron chi connectivity index (χ1n) is 6.74. The molecule has 8 heteroatoms. The molecule has 122 valence electrons. The summed E-state index contributed by atoms with van der Waals surface area (Å²) in [5, 5.41) is 3.64. The third-order valence-corrected chi connectivity index (χ3v) is 3.38. The van der Waals surface area contributed by atoms with Crippen LogP contribution in [-0.4, -0.2) is 16.1 Å². The first-order valence-corrected chi connectivity index (χ1v) is 7.12. The van der Waals surface area contributed by atoms with Crippen molar-refractivity contribution in [1.29, 1.82) is 0 Å². The standard InChI is InChI=1S/C16H9ClF2N2O3/c17-11-2-1-3-12(19)14(11)16(22)23-8-13-20-15(21-24-13)9-4-6-10(18)7-5-9/h1-7H,8H2. The Balaban J connectivity index is 1.69. The molecule has 2 aromatic carbocycles. The average Bonchev–Trinajstić information content (AvgIpc) is 3.02. The molecule has 0 saturated carbocycles. The topological polar surface area (TPSA) is 65.2 Å². The first kappa shape index (κ1) is 16.1. The molecule has 3 aromatic rings. The second kappa shape index (κ2) is 6.76. The van der Waals surface area contributed by atoms with Crippen molar-refractivity contribution in [3.63, 3.8) is 0 Å². The SMILES string of the molecule is O=C(OCc1nc(-c2ccc(F)cc2)no1)c1c(F)cccc1Cl. The molecule has 0 radical (unpaired) electrons. The minimum atomic E-state index is -0.945. The van der Waals surface area contributed by atoms with E-state index < -0.39 is 17.6 Å². The zero-order valence-corrected chi connectivity index (χ0v) is 12.8. The third-order valence-electron chi connectivity index (χ3n) is 3.06. The summed E-state index contributed by atoms with van der Waals surface area (Å²) in [5.41, 5.74) is 0.173. The minimum Gasteiger partial charge on any atom is -0.452 e. The molecule has 24 heavy (non-hydrogen) atoms. The maximum Gasteiger partial charge on any atom is 0.343 e. The molecule has 0 aliphatic rings. The van der Waals surface area contributed by atoms with E-state index in [2.05, 4.69) is 10.1 Å². The van der Waals surface area contributed by atoms with Crippen molar-refractivity contribution in [1.82, 2.24) is 10.1 Å². The monoisotopic (exact) mass is 350 g/mol. The van der Waals surface area contributed by atoms with Crippen LogP contribution >= 0.6 is 11.6 Å². The van der Waals surface area contributed by atoms with Crippen molar-refractivity contribution in [2.24, 2.45) is 0 Å². The predicted octanol–water partition coefficient (Wildman–Crippen LogP) is 4.03. The fourth-order valence-electron chi connectivity index (χ4n) is 1.92. The molecule has 5 nitrogen and oxygen atoms in total. The van der Waals surface area contributed by atoms with Gasteiger partial charge in [0.15, 0.2) is 6.61 Å². The molecule has 1 aromatic heterocycles. The van der Waals surface area contributed by atoms with Gasteiger partial charge < -0.3 is 9.26 Å². The van der Waals surface area contributed by atoms with Crippen LogP contribution in [0.25, 0.3) is 11.4 Å². The Morgan fingerprint density at radius 1 is 1.17 bits per heavy atom. The van der Waals surface area contributed by atoms with E-state index in [9.17, 15) is 13.6 Å². The molecule has 0 N–H and O–H groups in total. The van der Waals surface area contributed by atoms with Crippen molar-refractivity contribution in [3.8, 4) is 11.4 Å². The number of halogens is 3. The zero-order chi connectivity index (χ0) is 17.1. The second-order valence-electron chi connectivity index (χ2n) is 4.69. The van der Waals surface area contributed by atoms with Gasteiger partial charge in [0.25, 0.3) is 5.89 Å². The number of benzene rings is 2.